The zero-order valence-electron chi connectivity index (χ0n) is 21.7. The van der Waals surface area contributed by atoms with Crippen LogP contribution in [0, 0.1) is 0 Å². The molecule has 0 saturated heterocycles. The molecule has 3 aromatic rings. The average Bonchev–Trinajstić information content (AvgIpc) is 2.86. The van der Waals surface area contributed by atoms with E-state index in [9.17, 15) is 24.6 Å². The Bertz CT molecular complexity index is 1390. The number of phenols is 1. The summed E-state index contributed by atoms with van der Waals surface area (Å²) in [5, 5.41) is 21.9. The van der Waals surface area contributed by atoms with Gasteiger partial charge < -0.3 is 28.9 Å². The Kier molecular flexibility index (Phi) is 11.8. The summed E-state index contributed by atoms with van der Waals surface area (Å²) in [4.78, 5) is 35.2. The number of aromatic carboxylic acids is 1. The average molecular weight is 529 g/mol. The number of ether oxygens (including phenoxy) is 2. The number of aromatic hydroxyl groups is 1. The number of hydrogen-bond acceptors (Lipinski definition) is 8. The number of carboxylic acids is 1. The summed E-state index contributed by atoms with van der Waals surface area (Å²) >= 11 is 0. The van der Waals surface area contributed by atoms with Crippen molar-refractivity contribution < 1.29 is 63.3 Å². The third-order valence-corrected chi connectivity index (χ3v) is 5.78. The molecule has 0 aliphatic heterocycles. The molecule has 0 bridgehead atoms. The van der Waals surface area contributed by atoms with E-state index in [0.29, 0.717) is 55.1 Å². The standard InChI is InChI=1S/C29H30O8.Na/c1-4-9-21-24(13-11-19(18(3)30)27(21)32)35-15-7-6-8-16-36-25-14-12-20-23(31)17-26(29(33)34)37-28(20)22(25)10-5-2;/h4-5,11-14,17,32H,1-2,6-10,15-16H2,3H3,(H,33,34);/q;+1/p-1. The predicted molar refractivity (Wildman–Crippen MR) is 138 cm³/mol. The van der Waals surface area contributed by atoms with E-state index >= 15 is 0 Å². The van der Waals surface area contributed by atoms with Gasteiger partial charge in [0.2, 0.25) is 0 Å². The summed E-state index contributed by atoms with van der Waals surface area (Å²) in [7, 11) is 0. The normalized spacial score (nSPS) is 10.4. The largest absolute Gasteiger partial charge is 1.00 e. The fraction of sp³-hybridized carbons (Fsp3) is 0.276. The summed E-state index contributed by atoms with van der Waals surface area (Å²) in [6, 6.07) is 7.35. The van der Waals surface area contributed by atoms with Crippen LogP contribution in [0.4, 0.5) is 0 Å². The second-order valence-corrected chi connectivity index (χ2v) is 8.42. The summed E-state index contributed by atoms with van der Waals surface area (Å²) in [6.45, 7) is 9.61. The number of carboxylic acid groups (broad SMARTS) is 1. The molecule has 0 saturated carbocycles. The fourth-order valence-electron chi connectivity index (χ4n) is 3.95. The number of carbonyl (C=O) groups is 2. The quantitative estimate of drug-likeness (QED) is 0.143. The van der Waals surface area contributed by atoms with E-state index in [-0.39, 0.29) is 57.6 Å². The van der Waals surface area contributed by atoms with Crippen LogP contribution in [0.5, 0.6) is 17.2 Å². The molecule has 194 valence electrons. The Morgan fingerprint density at radius 3 is 2.13 bits per heavy atom. The molecular weight excluding hydrogens is 499 g/mol. The van der Waals surface area contributed by atoms with Gasteiger partial charge in [-0.15, -0.1) is 13.2 Å². The minimum atomic E-state index is -1.57. The maximum atomic E-state index is 12.3. The molecule has 2 aromatic carbocycles. The molecule has 3 rings (SSSR count). The number of unbranched alkanes of at least 4 members (excludes halogenated alkanes) is 2. The smallest absolute Gasteiger partial charge is 0.542 e. The van der Waals surface area contributed by atoms with Crippen molar-refractivity contribution in [3.63, 3.8) is 0 Å². The first-order valence-electron chi connectivity index (χ1n) is 11.9. The number of fused-ring (bicyclic) bond motifs is 1. The number of allylic oxidation sites excluding steroid dienone is 2. The summed E-state index contributed by atoms with van der Waals surface area (Å²) in [5.74, 6) is -1.41. The van der Waals surface area contributed by atoms with Gasteiger partial charge in [-0.1, -0.05) is 12.2 Å². The van der Waals surface area contributed by atoms with E-state index in [0.717, 1.165) is 18.9 Å². The Morgan fingerprint density at radius 1 is 0.974 bits per heavy atom. The molecule has 0 unspecified atom stereocenters. The molecule has 0 fully saturated rings. The van der Waals surface area contributed by atoms with Crippen LogP contribution in [-0.4, -0.2) is 30.1 Å². The first-order valence-corrected chi connectivity index (χ1v) is 11.9. The van der Waals surface area contributed by atoms with Crippen molar-refractivity contribution >= 4 is 22.7 Å². The number of ketones is 1. The molecule has 0 amide bonds. The fourth-order valence-corrected chi connectivity index (χ4v) is 3.95. The maximum absolute atomic E-state index is 12.3. The Balaban J connectivity index is 0.00000507. The summed E-state index contributed by atoms with van der Waals surface area (Å²) in [6.07, 6.45) is 6.19. The Morgan fingerprint density at radius 2 is 1.55 bits per heavy atom. The zero-order valence-corrected chi connectivity index (χ0v) is 23.7. The van der Waals surface area contributed by atoms with Gasteiger partial charge in [-0.2, -0.15) is 0 Å². The minimum absolute atomic E-state index is 0. The van der Waals surface area contributed by atoms with E-state index in [1.165, 1.54) is 6.92 Å². The second-order valence-electron chi connectivity index (χ2n) is 8.42. The number of Topliss-reactive ketones (excluding diaryl/α,β-unsaturated/α-hetero) is 1. The molecule has 38 heavy (non-hydrogen) atoms. The molecule has 0 spiro atoms. The van der Waals surface area contributed by atoms with Gasteiger partial charge in [0.15, 0.2) is 17.0 Å². The van der Waals surface area contributed by atoms with Crippen molar-refractivity contribution in [2.75, 3.05) is 13.2 Å². The van der Waals surface area contributed by atoms with Gasteiger partial charge >= 0.3 is 29.6 Å². The van der Waals surface area contributed by atoms with Crippen LogP contribution in [0.3, 0.4) is 0 Å². The van der Waals surface area contributed by atoms with Crippen molar-refractivity contribution in [3.05, 3.63) is 88.3 Å². The van der Waals surface area contributed by atoms with Crippen LogP contribution in [-0.2, 0) is 12.8 Å². The molecule has 8 nitrogen and oxygen atoms in total. The minimum Gasteiger partial charge on any atom is -0.542 e. The van der Waals surface area contributed by atoms with Gasteiger partial charge in [-0.05, 0) is 63.3 Å². The van der Waals surface area contributed by atoms with E-state index in [2.05, 4.69) is 13.2 Å². The van der Waals surface area contributed by atoms with E-state index in [1.54, 1.807) is 36.4 Å². The number of hydrogen-bond donors (Lipinski definition) is 1. The Hall–Kier alpha value is -3.33. The SMILES string of the molecule is C=CCc1c(OCCCCCOc2ccc3c(=O)cc(C(=O)[O-])oc3c2CC=C)ccc(C(C)=O)c1O.[Na+]. The Labute approximate surface area is 242 Å². The summed E-state index contributed by atoms with van der Waals surface area (Å²) < 4.78 is 17.2. The van der Waals surface area contributed by atoms with Crippen molar-refractivity contribution in [1.29, 1.82) is 0 Å². The molecule has 1 aromatic heterocycles. The van der Waals surface area contributed by atoms with Crippen LogP contribution in [0.2, 0.25) is 0 Å². The molecule has 9 heteroatoms. The zero-order chi connectivity index (χ0) is 26.9. The van der Waals surface area contributed by atoms with Crippen molar-refractivity contribution in [2.24, 2.45) is 0 Å². The number of phenolic OH excluding ortho intramolecular Hbond substituents is 1. The molecule has 1 heterocycles. The number of rotatable bonds is 14. The van der Waals surface area contributed by atoms with Gasteiger partial charge in [0.05, 0.1) is 24.2 Å². The molecule has 0 atom stereocenters. The topological polar surface area (TPSA) is 126 Å². The maximum Gasteiger partial charge on any atom is 1.00 e. The van der Waals surface area contributed by atoms with Crippen LogP contribution < -0.4 is 49.6 Å². The van der Waals surface area contributed by atoms with Crippen LogP contribution in [0.25, 0.3) is 11.0 Å². The molecular formula is C29H29NaO8. The molecule has 0 aliphatic carbocycles. The van der Waals surface area contributed by atoms with Crippen molar-refractivity contribution in [2.45, 2.75) is 39.0 Å². The number of carbonyl (C=O) groups excluding carboxylic acids is 2. The van der Waals surface area contributed by atoms with Gasteiger partial charge in [0.25, 0.3) is 0 Å². The van der Waals surface area contributed by atoms with Crippen molar-refractivity contribution in [3.8, 4) is 17.2 Å². The van der Waals surface area contributed by atoms with E-state index in [1.807, 2.05) is 0 Å². The van der Waals surface area contributed by atoms with Crippen LogP contribution in [0.15, 0.2) is 64.9 Å². The third kappa shape index (κ3) is 7.37. The van der Waals surface area contributed by atoms with Gasteiger partial charge in [0.1, 0.15) is 28.8 Å². The van der Waals surface area contributed by atoms with Crippen molar-refractivity contribution in [1.82, 2.24) is 0 Å². The van der Waals surface area contributed by atoms with Gasteiger partial charge in [-0.3, -0.25) is 9.59 Å². The van der Waals surface area contributed by atoms with Gasteiger partial charge in [0, 0.05) is 17.2 Å². The molecule has 1 N–H and O–H groups in total. The number of benzene rings is 2. The van der Waals surface area contributed by atoms with E-state index < -0.39 is 17.2 Å². The summed E-state index contributed by atoms with van der Waals surface area (Å²) in [5.41, 5.74) is 0.996. The van der Waals surface area contributed by atoms with E-state index in [4.69, 9.17) is 13.9 Å². The van der Waals surface area contributed by atoms with Gasteiger partial charge in [-0.25, -0.2) is 0 Å². The first kappa shape index (κ1) is 30.9. The van der Waals surface area contributed by atoms with Crippen LogP contribution in [0.1, 0.15) is 58.2 Å². The molecule has 0 aliphatic rings. The monoisotopic (exact) mass is 528 g/mol. The third-order valence-electron chi connectivity index (χ3n) is 5.78. The molecule has 0 radical (unpaired) electrons. The predicted octanol–water partition coefficient (Wildman–Crippen LogP) is 1.15. The first-order chi connectivity index (χ1) is 17.8. The van der Waals surface area contributed by atoms with Crippen LogP contribution >= 0.6 is 0 Å². The second kappa shape index (κ2) is 14.6.